The van der Waals surface area contributed by atoms with Gasteiger partial charge in [-0.25, -0.2) is 4.98 Å². The van der Waals surface area contributed by atoms with Gasteiger partial charge in [0.25, 0.3) is 0 Å². The van der Waals surface area contributed by atoms with E-state index in [0.29, 0.717) is 11.7 Å². The van der Waals surface area contributed by atoms with Crippen molar-refractivity contribution >= 4 is 22.5 Å². The number of hydrogen-bond acceptors (Lipinski definition) is 2. The lowest BCUT2D eigenvalue weighted by Gasteiger charge is -2.15. The number of aromatic nitrogens is 1. The van der Waals surface area contributed by atoms with Gasteiger partial charge < -0.3 is 5.32 Å². The molecule has 0 aliphatic heterocycles. The Kier molecular flexibility index (Phi) is 4.65. The van der Waals surface area contributed by atoms with Crippen LogP contribution in [0.5, 0.6) is 0 Å². The van der Waals surface area contributed by atoms with Crippen molar-refractivity contribution in [1.29, 1.82) is 0 Å². The summed E-state index contributed by atoms with van der Waals surface area (Å²) in [6.45, 7) is 7.05. The second-order valence-corrected chi connectivity index (χ2v) is 6.39. The SMILES string of the molecule is Cc1ccc2cc(CN[C@@H](C)c3ccccc3)c(Cl)nc2c1C. The van der Waals surface area contributed by atoms with Crippen molar-refractivity contribution in [1.82, 2.24) is 10.3 Å². The van der Waals surface area contributed by atoms with E-state index in [1.54, 1.807) is 0 Å². The van der Waals surface area contributed by atoms with Gasteiger partial charge in [-0.2, -0.15) is 0 Å². The maximum Gasteiger partial charge on any atom is 0.134 e. The molecule has 3 heteroatoms. The molecular weight excluding hydrogens is 304 g/mol. The van der Waals surface area contributed by atoms with Gasteiger partial charge in [0.1, 0.15) is 5.15 Å². The van der Waals surface area contributed by atoms with Gasteiger partial charge in [-0.1, -0.05) is 54.1 Å². The molecule has 0 radical (unpaired) electrons. The van der Waals surface area contributed by atoms with Gasteiger partial charge in [0, 0.05) is 23.5 Å². The molecule has 0 bridgehead atoms. The Balaban J connectivity index is 1.83. The van der Waals surface area contributed by atoms with Crippen LogP contribution in [-0.2, 0) is 6.54 Å². The summed E-state index contributed by atoms with van der Waals surface area (Å²) in [6, 6.07) is 17.1. The molecule has 0 aliphatic rings. The lowest BCUT2D eigenvalue weighted by Crippen LogP contribution is -2.18. The fraction of sp³-hybridized carbons (Fsp3) is 0.250. The highest BCUT2D eigenvalue weighted by Gasteiger charge is 2.10. The Bertz CT molecular complexity index is 828. The van der Waals surface area contributed by atoms with Crippen LogP contribution in [0.2, 0.25) is 5.15 Å². The van der Waals surface area contributed by atoms with Gasteiger partial charge in [-0.3, -0.25) is 0 Å². The van der Waals surface area contributed by atoms with Crippen LogP contribution >= 0.6 is 11.6 Å². The summed E-state index contributed by atoms with van der Waals surface area (Å²) >= 11 is 6.41. The lowest BCUT2D eigenvalue weighted by atomic mass is 10.0. The van der Waals surface area contributed by atoms with Crippen LogP contribution in [0, 0.1) is 13.8 Å². The number of rotatable bonds is 4. The van der Waals surface area contributed by atoms with Crippen molar-refractivity contribution in [2.45, 2.75) is 33.4 Å². The van der Waals surface area contributed by atoms with Crippen LogP contribution in [0.25, 0.3) is 10.9 Å². The zero-order chi connectivity index (χ0) is 16.4. The van der Waals surface area contributed by atoms with E-state index in [2.05, 4.69) is 73.5 Å². The molecule has 2 aromatic carbocycles. The Morgan fingerprint density at radius 2 is 1.83 bits per heavy atom. The largest absolute Gasteiger partial charge is 0.306 e. The minimum absolute atomic E-state index is 0.266. The molecule has 3 aromatic rings. The van der Waals surface area contributed by atoms with E-state index in [9.17, 15) is 0 Å². The van der Waals surface area contributed by atoms with Crippen LogP contribution in [0.1, 0.15) is 35.2 Å². The summed E-state index contributed by atoms with van der Waals surface area (Å²) in [4.78, 5) is 4.61. The standard InChI is InChI=1S/C20H21ClN2/c1-13-9-10-17-11-18(20(21)23-19(17)14(13)2)12-22-15(3)16-7-5-4-6-8-16/h4-11,15,22H,12H2,1-3H3/t15-/m0/s1. The summed E-state index contributed by atoms with van der Waals surface area (Å²) < 4.78 is 0. The van der Waals surface area contributed by atoms with E-state index in [-0.39, 0.29) is 6.04 Å². The predicted octanol–water partition coefficient (Wildman–Crippen LogP) is 5.36. The van der Waals surface area contributed by atoms with E-state index in [1.807, 2.05) is 6.07 Å². The predicted molar refractivity (Wildman–Crippen MR) is 97.9 cm³/mol. The van der Waals surface area contributed by atoms with Crippen molar-refractivity contribution in [2.75, 3.05) is 0 Å². The summed E-state index contributed by atoms with van der Waals surface area (Å²) in [5.41, 5.74) is 5.73. The Hall–Kier alpha value is -1.90. The van der Waals surface area contributed by atoms with Crippen molar-refractivity contribution in [2.24, 2.45) is 0 Å². The number of benzene rings is 2. The smallest absolute Gasteiger partial charge is 0.134 e. The van der Waals surface area contributed by atoms with Gasteiger partial charge in [-0.15, -0.1) is 0 Å². The number of pyridine rings is 1. The van der Waals surface area contributed by atoms with Crippen molar-refractivity contribution in [3.05, 3.63) is 75.9 Å². The molecule has 0 unspecified atom stereocenters. The molecule has 1 N–H and O–H groups in total. The normalized spacial score (nSPS) is 12.5. The van der Waals surface area contributed by atoms with Gasteiger partial charge in [0.15, 0.2) is 0 Å². The molecule has 0 saturated carbocycles. The molecule has 0 spiro atoms. The highest BCUT2D eigenvalue weighted by atomic mass is 35.5. The minimum atomic E-state index is 0.266. The number of fused-ring (bicyclic) bond motifs is 1. The maximum absolute atomic E-state index is 6.41. The summed E-state index contributed by atoms with van der Waals surface area (Å²) in [6.07, 6.45) is 0. The number of aryl methyl sites for hydroxylation is 2. The van der Waals surface area contributed by atoms with Crippen LogP contribution in [-0.4, -0.2) is 4.98 Å². The fourth-order valence-electron chi connectivity index (χ4n) is 2.75. The monoisotopic (exact) mass is 324 g/mol. The first kappa shape index (κ1) is 16.0. The molecule has 0 fully saturated rings. The minimum Gasteiger partial charge on any atom is -0.306 e. The van der Waals surface area contributed by atoms with Gasteiger partial charge in [0.05, 0.1) is 5.52 Å². The summed E-state index contributed by atoms with van der Waals surface area (Å²) in [5.74, 6) is 0. The highest BCUT2D eigenvalue weighted by Crippen LogP contribution is 2.25. The van der Waals surface area contributed by atoms with Crippen molar-refractivity contribution in [3.8, 4) is 0 Å². The van der Waals surface area contributed by atoms with Gasteiger partial charge >= 0.3 is 0 Å². The average Bonchev–Trinajstić information content (AvgIpc) is 2.57. The fourth-order valence-corrected chi connectivity index (χ4v) is 2.96. The summed E-state index contributed by atoms with van der Waals surface area (Å²) in [5, 5.41) is 5.25. The maximum atomic E-state index is 6.41. The Labute approximate surface area is 142 Å². The van der Waals surface area contributed by atoms with E-state index in [4.69, 9.17) is 11.6 Å². The zero-order valence-corrected chi connectivity index (χ0v) is 14.5. The van der Waals surface area contributed by atoms with E-state index in [0.717, 1.165) is 16.5 Å². The molecule has 1 heterocycles. The van der Waals surface area contributed by atoms with E-state index < -0.39 is 0 Å². The average molecular weight is 325 g/mol. The van der Waals surface area contributed by atoms with E-state index >= 15 is 0 Å². The van der Waals surface area contributed by atoms with Crippen molar-refractivity contribution in [3.63, 3.8) is 0 Å². The molecule has 0 aliphatic carbocycles. The van der Waals surface area contributed by atoms with Crippen LogP contribution < -0.4 is 5.32 Å². The first-order valence-electron chi connectivity index (χ1n) is 7.90. The first-order valence-corrected chi connectivity index (χ1v) is 8.27. The second-order valence-electron chi connectivity index (χ2n) is 6.03. The quantitative estimate of drug-likeness (QED) is 0.654. The Morgan fingerprint density at radius 1 is 1.09 bits per heavy atom. The third-order valence-corrected chi connectivity index (χ3v) is 4.76. The van der Waals surface area contributed by atoms with Crippen LogP contribution in [0.3, 0.4) is 0 Å². The third-order valence-electron chi connectivity index (χ3n) is 4.44. The molecular formula is C20H21ClN2. The zero-order valence-electron chi connectivity index (χ0n) is 13.7. The highest BCUT2D eigenvalue weighted by molar-refractivity contribution is 6.30. The molecule has 1 aromatic heterocycles. The number of halogens is 1. The number of nitrogens with zero attached hydrogens (tertiary/aromatic N) is 1. The number of nitrogens with one attached hydrogen (secondary N) is 1. The molecule has 0 saturated heterocycles. The molecule has 118 valence electrons. The van der Waals surface area contributed by atoms with E-state index in [1.165, 1.54) is 16.7 Å². The Morgan fingerprint density at radius 3 is 2.57 bits per heavy atom. The molecule has 0 amide bonds. The number of hydrogen-bond donors (Lipinski definition) is 1. The van der Waals surface area contributed by atoms with Crippen LogP contribution in [0.4, 0.5) is 0 Å². The second kappa shape index (κ2) is 6.69. The first-order chi connectivity index (χ1) is 11.1. The van der Waals surface area contributed by atoms with Crippen LogP contribution in [0.15, 0.2) is 48.5 Å². The van der Waals surface area contributed by atoms with Crippen molar-refractivity contribution < 1.29 is 0 Å². The topological polar surface area (TPSA) is 24.9 Å². The third kappa shape index (κ3) is 3.39. The molecule has 1 atom stereocenters. The van der Waals surface area contributed by atoms with Gasteiger partial charge in [-0.05, 0) is 43.5 Å². The molecule has 2 nitrogen and oxygen atoms in total. The molecule has 23 heavy (non-hydrogen) atoms. The molecule has 3 rings (SSSR count). The van der Waals surface area contributed by atoms with Gasteiger partial charge in [0.2, 0.25) is 0 Å². The lowest BCUT2D eigenvalue weighted by molar-refractivity contribution is 0.574. The summed E-state index contributed by atoms with van der Waals surface area (Å²) in [7, 11) is 0.